The second-order valence-electron chi connectivity index (χ2n) is 7.23. The summed E-state index contributed by atoms with van der Waals surface area (Å²) in [5.41, 5.74) is 1.55. The lowest BCUT2D eigenvalue weighted by atomic mass is 10.2. The summed E-state index contributed by atoms with van der Waals surface area (Å²) in [6.45, 7) is 8.24. The zero-order chi connectivity index (χ0) is 18.6. The molecule has 3 heterocycles. The van der Waals surface area contributed by atoms with Gasteiger partial charge in [-0.2, -0.15) is 0 Å². The summed E-state index contributed by atoms with van der Waals surface area (Å²) < 4.78 is 0. The summed E-state index contributed by atoms with van der Waals surface area (Å²) in [5.74, 6) is 0.0469. The van der Waals surface area contributed by atoms with Gasteiger partial charge in [-0.25, -0.2) is 4.98 Å². The fourth-order valence-corrected chi connectivity index (χ4v) is 4.65. The van der Waals surface area contributed by atoms with Crippen molar-refractivity contribution in [3.8, 4) is 10.6 Å². The molecule has 0 aliphatic carbocycles. The normalized spacial score (nSPS) is 18.9. The average Bonchev–Trinajstić information content (AvgIpc) is 3.39. The molecule has 5 nitrogen and oxygen atoms in total. The number of thiazole rings is 1. The Morgan fingerprint density at radius 1 is 0.963 bits per heavy atom. The topological polar surface area (TPSA) is 39.7 Å². The largest absolute Gasteiger partial charge is 0.335 e. The van der Waals surface area contributed by atoms with Crippen LogP contribution in [0.1, 0.15) is 23.3 Å². The molecule has 2 aliphatic rings. The van der Waals surface area contributed by atoms with Crippen LogP contribution in [0.2, 0.25) is 5.02 Å². The van der Waals surface area contributed by atoms with E-state index in [1.54, 1.807) is 0 Å². The van der Waals surface area contributed by atoms with E-state index in [1.165, 1.54) is 37.3 Å². The number of nitrogens with zero attached hydrogens (tertiary/aromatic N) is 4. The minimum Gasteiger partial charge on any atom is -0.335 e. The number of amides is 1. The Kier molecular flexibility index (Phi) is 6.08. The number of rotatable bonds is 5. The van der Waals surface area contributed by atoms with Gasteiger partial charge < -0.3 is 9.80 Å². The molecule has 4 rings (SSSR count). The van der Waals surface area contributed by atoms with E-state index in [0.29, 0.717) is 10.7 Å². The van der Waals surface area contributed by atoms with Crippen LogP contribution in [0.5, 0.6) is 0 Å². The van der Waals surface area contributed by atoms with E-state index in [0.717, 1.165) is 49.8 Å². The molecule has 2 aromatic rings. The van der Waals surface area contributed by atoms with Gasteiger partial charge in [-0.05, 0) is 38.1 Å². The number of carbonyl (C=O) groups is 1. The number of likely N-dealkylation sites (tertiary alicyclic amines) is 1. The Hall–Kier alpha value is -1.47. The molecule has 0 radical (unpaired) electrons. The first-order chi connectivity index (χ1) is 13.2. The number of halogens is 1. The fraction of sp³-hybridized carbons (Fsp3) is 0.500. The summed E-state index contributed by atoms with van der Waals surface area (Å²) in [6, 6.07) is 7.57. The maximum absolute atomic E-state index is 12.8. The van der Waals surface area contributed by atoms with Crippen LogP contribution >= 0.6 is 22.9 Å². The molecule has 144 valence electrons. The molecule has 1 aromatic carbocycles. The lowest BCUT2D eigenvalue weighted by Crippen LogP contribution is -2.50. The number of aromatic nitrogens is 1. The highest BCUT2D eigenvalue weighted by atomic mass is 35.5. The SMILES string of the molecule is O=C(c1csc(-c2ccc(Cl)cc2)n1)N1CCN(CCN2CCCC2)CC1. The fourth-order valence-electron chi connectivity index (χ4n) is 3.72. The Balaban J connectivity index is 1.29. The maximum atomic E-state index is 12.8. The van der Waals surface area contributed by atoms with Gasteiger partial charge in [-0.3, -0.25) is 9.69 Å². The third-order valence-corrected chi connectivity index (χ3v) is 6.55. The van der Waals surface area contributed by atoms with Gasteiger partial charge in [0.05, 0.1) is 0 Å². The third kappa shape index (κ3) is 4.69. The van der Waals surface area contributed by atoms with Gasteiger partial charge in [0.1, 0.15) is 10.7 Å². The van der Waals surface area contributed by atoms with E-state index >= 15 is 0 Å². The van der Waals surface area contributed by atoms with E-state index in [2.05, 4.69) is 14.8 Å². The van der Waals surface area contributed by atoms with Crippen molar-refractivity contribution in [2.45, 2.75) is 12.8 Å². The lowest BCUT2D eigenvalue weighted by molar-refractivity contribution is 0.0622. The molecule has 2 fully saturated rings. The quantitative estimate of drug-likeness (QED) is 0.766. The lowest BCUT2D eigenvalue weighted by Gasteiger charge is -2.35. The molecular formula is C20H25ClN4OS. The standard InChI is InChI=1S/C20H25ClN4OS/c21-17-5-3-16(4-6-17)19-22-18(15-27-19)20(26)25-13-11-24(12-14-25)10-9-23-7-1-2-8-23/h3-6,15H,1-2,7-14H2. The smallest absolute Gasteiger partial charge is 0.273 e. The molecule has 0 unspecified atom stereocenters. The molecule has 0 N–H and O–H groups in total. The van der Waals surface area contributed by atoms with Gasteiger partial charge >= 0.3 is 0 Å². The molecule has 0 spiro atoms. The monoisotopic (exact) mass is 404 g/mol. The van der Waals surface area contributed by atoms with Gasteiger partial charge in [0.2, 0.25) is 0 Å². The first kappa shape index (κ1) is 18.9. The number of hydrogen-bond acceptors (Lipinski definition) is 5. The summed E-state index contributed by atoms with van der Waals surface area (Å²) in [7, 11) is 0. The molecule has 2 saturated heterocycles. The predicted octanol–water partition coefficient (Wildman–Crippen LogP) is 3.32. The predicted molar refractivity (Wildman–Crippen MR) is 111 cm³/mol. The van der Waals surface area contributed by atoms with Crippen molar-refractivity contribution in [3.63, 3.8) is 0 Å². The minimum absolute atomic E-state index is 0.0469. The molecule has 7 heteroatoms. The van der Waals surface area contributed by atoms with E-state index in [9.17, 15) is 4.79 Å². The summed E-state index contributed by atoms with van der Waals surface area (Å²) in [6.07, 6.45) is 2.68. The number of hydrogen-bond donors (Lipinski definition) is 0. The number of carbonyl (C=O) groups excluding carboxylic acids is 1. The minimum atomic E-state index is 0.0469. The number of benzene rings is 1. The van der Waals surface area contributed by atoms with E-state index in [-0.39, 0.29) is 5.91 Å². The van der Waals surface area contributed by atoms with E-state index < -0.39 is 0 Å². The second-order valence-corrected chi connectivity index (χ2v) is 8.52. The van der Waals surface area contributed by atoms with Crippen LogP contribution in [0.15, 0.2) is 29.6 Å². The van der Waals surface area contributed by atoms with Crippen molar-refractivity contribution in [2.75, 3.05) is 52.4 Å². The van der Waals surface area contributed by atoms with Crippen molar-refractivity contribution in [1.82, 2.24) is 19.7 Å². The van der Waals surface area contributed by atoms with Crippen molar-refractivity contribution in [2.24, 2.45) is 0 Å². The van der Waals surface area contributed by atoms with Gasteiger partial charge in [-0.1, -0.05) is 23.7 Å². The van der Waals surface area contributed by atoms with Crippen LogP contribution in [0.25, 0.3) is 10.6 Å². The highest BCUT2D eigenvalue weighted by Crippen LogP contribution is 2.25. The van der Waals surface area contributed by atoms with Crippen LogP contribution < -0.4 is 0 Å². The molecule has 0 saturated carbocycles. The van der Waals surface area contributed by atoms with Crippen LogP contribution in [0.4, 0.5) is 0 Å². The summed E-state index contributed by atoms with van der Waals surface area (Å²) >= 11 is 7.45. The molecule has 27 heavy (non-hydrogen) atoms. The van der Waals surface area contributed by atoms with Gasteiger partial charge in [0, 0.05) is 55.2 Å². The van der Waals surface area contributed by atoms with E-state index in [4.69, 9.17) is 11.6 Å². The Morgan fingerprint density at radius 2 is 1.59 bits per heavy atom. The van der Waals surface area contributed by atoms with Gasteiger partial charge in [-0.15, -0.1) is 11.3 Å². The molecule has 0 bridgehead atoms. The van der Waals surface area contributed by atoms with Crippen molar-refractivity contribution >= 4 is 28.8 Å². The zero-order valence-corrected chi connectivity index (χ0v) is 17.0. The van der Waals surface area contributed by atoms with Crippen molar-refractivity contribution in [3.05, 3.63) is 40.4 Å². The average molecular weight is 405 g/mol. The summed E-state index contributed by atoms with van der Waals surface area (Å²) in [5, 5.41) is 3.43. The zero-order valence-electron chi connectivity index (χ0n) is 15.4. The first-order valence-corrected chi connectivity index (χ1v) is 10.9. The summed E-state index contributed by atoms with van der Waals surface area (Å²) in [4.78, 5) is 24.3. The van der Waals surface area contributed by atoms with Crippen molar-refractivity contribution in [1.29, 1.82) is 0 Å². The van der Waals surface area contributed by atoms with Gasteiger partial charge in [0.25, 0.3) is 5.91 Å². The molecule has 0 atom stereocenters. The Bertz CT molecular complexity index is 765. The van der Waals surface area contributed by atoms with Crippen molar-refractivity contribution < 1.29 is 4.79 Å². The Labute approximate surface area is 169 Å². The molecule has 1 amide bonds. The van der Waals surface area contributed by atoms with Crippen LogP contribution in [0, 0.1) is 0 Å². The highest BCUT2D eigenvalue weighted by molar-refractivity contribution is 7.13. The van der Waals surface area contributed by atoms with Crippen LogP contribution in [-0.2, 0) is 0 Å². The molecular weight excluding hydrogens is 380 g/mol. The maximum Gasteiger partial charge on any atom is 0.273 e. The molecule has 2 aliphatic heterocycles. The van der Waals surface area contributed by atoms with E-state index in [1.807, 2.05) is 34.5 Å². The molecule has 1 aromatic heterocycles. The van der Waals surface area contributed by atoms with Gasteiger partial charge in [0.15, 0.2) is 0 Å². The second kappa shape index (κ2) is 8.69. The van der Waals surface area contributed by atoms with Crippen LogP contribution in [-0.4, -0.2) is 77.9 Å². The first-order valence-electron chi connectivity index (χ1n) is 9.64. The Morgan fingerprint density at radius 3 is 2.26 bits per heavy atom. The highest BCUT2D eigenvalue weighted by Gasteiger charge is 2.24. The third-order valence-electron chi connectivity index (χ3n) is 5.41. The van der Waals surface area contributed by atoms with Crippen LogP contribution in [0.3, 0.4) is 0 Å². The number of piperazine rings is 1.